The second-order valence-corrected chi connectivity index (χ2v) is 7.63. The third-order valence-corrected chi connectivity index (χ3v) is 5.76. The molecule has 2 aliphatic rings. The number of fused-ring (bicyclic) bond motifs is 1. The zero-order chi connectivity index (χ0) is 18.8. The van der Waals surface area contributed by atoms with Crippen LogP contribution in [-0.2, 0) is 11.3 Å². The van der Waals surface area contributed by atoms with Gasteiger partial charge in [-0.05, 0) is 63.2 Å². The Morgan fingerprint density at radius 2 is 1.96 bits per heavy atom. The molecular formula is C20H30N4O2. The molecule has 6 heteroatoms. The van der Waals surface area contributed by atoms with Crippen molar-refractivity contribution in [2.75, 3.05) is 33.7 Å². The molecule has 2 saturated heterocycles. The summed E-state index contributed by atoms with van der Waals surface area (Å²) in [6.45, 7) is 7.02. The molecule has 26 heavy (non-hydrogen) atoms. The van der Waals surface area contributed by atoms with Crippen LogP contribution in [0.3, 0.4) is 0 Å². The summed E-state index contributed by atoms with van der Waals surface area (Å²) in [6, 6.07) is 4.31. The summed E-state index contributed by atoms with van der Waals surface area (Å²) >= 11 is 0. The number of hydrogen-bond donors (Lipinski definition) is 2. The van der Waals surface area contributed by atoms with Gasteiger partial charge in [-0.3, -0.25) is 9.59 Å². The lowest BCUT2D eigenvalue weighted by atomic mass is 9.95. The maximum absolute atomic E-state index is 13.1. The van der Waals surface area contributed by atoms with E-state index in [0.717, 1.165) is 42.7 Å². The fourth-order valence-corrected chi connectivity index (χ4v) is 4.27. The van der Waals surface area contributed by atoms with Gasteiger partial charge in [-0.25, -0.2) is 0 Å². The van der Waals surface area contributed by atoms with Crippen molar-refractivity contribution in [2.24, 2.45) is 0 Å². The molecule has 2 N–H and O–H groups in total. The number of benzene rings is 1. The van der Waals surface area contributed by atoms with Gasteiger partial charge in [0.2, 0.25) is 5.91 Å². The van der Waals surface area contributed by atoms with Crippen LogP contribution in [0.15, 0.2) is 12.1 Å². The van der Waals surface area contributed by atoms with E-state index in [1.54, 1.807) is 0 Å². The predicted octanol–water partition coefficient (Wildman–Crippen LogP) is 1.06. The van der Waals surface area contributed by atoms with E-state index in [1.807, 2.05) is 24.1 Å². The van der Waals surface area contributed by atoms with Crippen LogP contribution < -0.4 is 10.6 Å². The third kappa shape index (κ3) is 3.76. The van der Waals surface area contributed by atoms with E-state index >= 15 is 0 Å². The number of carbonyl (C=O) groups excluding carboxylic acids is 2. The van der Waals surface area contributed by atoms with Crippen LogP contribution in [0.4, 0.5) is 0 Å². The Hall–Kier alpha value is -1.92. The van der Waals surface area contributed by atoms with Crippen LogP contribution in [0.2, 0.25) is 0 Å². The van der Waals surface area contributed by atoms with Crippen molar-refractivity contribution in [1.29, 1.82) is 0 Å². The Kier molecular flexibility index (Phi) is 5.63. The number of nitrogens with zero attached hydrogens (tertiary/aromatic N) is 2. The molecule has 2 unspecified atom stereocenters. The molecule has 0 aliphatic carbocycles. The molecular weight excluding hydrogens is 328 g/mol. The molecule has 2 heterocycles. The van der Waals surface area contributed by atoms with Crippen LogP contribution in [0.25, 0.3) is 0 Å². The molecule has 0 aromatic heterocycles. The summed E-state index contributed by atoms with van der Waals surface area (Å²) in [5, 5.41) is 6.30. The minimum Gasteiger partial charge on any atom is -0.350 e. The lowest BCUT2D eigenvalue weighted by Gasteiger charge is -2.41. The monoisotopic (exact) mass is 358 g/mol. The summed E-state index contributed by atoms with van der Waals surface area (Å²) in [7, 11) is 4.00. The average molecular weight is 358 g/mol. The summed E-state index contributed by atoms with van der Waals surface area (Å²) in [5.74, 6) is 0.147. The SMILES string of the molecule is CNCc1c(C)cc(C(=O)N2CCC3C(C2)NC(=O)CCN3C)cc1C. The van der Waals surface area contributed by atoms with Crippen LogP contribution in [0.1, 0.15) is 39.9 Å². The van der Waals surface area contributed by atoms with Crippen molar-refractivity contribution in [1.82, 2.24) is 20.4 Å². The molecule has 142 valence electrons. The number of likely N-dealkylation sites (tertiary alicyclic amines) is 1. The van der Waals surface area contributed by atoms with Gasteiger partial charge in [0.25, 0.3) is 5.91 Å². The summed E-state index contributed by atoms with van der Waals surface area (Å²) in [6.07, 6.45) is 1.42. The molecule has 0 bridgehead atoms. The molecule has 0 radical (unpaired) electrons. The average Bonchev–Trinajstić information content (AvgIpc) is 2.75. The fraction of sp³-hybridized carbons (Fsp3) is 0.600. The van der Waals surface area contributed by atoms with E-state index < -0.39 is 0 Å². The van der Waals surface area contributed by atoms with E-state index in [1.165, 1.54) is 5.56 Å². The molecule has 0 spiro atoms. The molecule has 1 aromatic carbocycles. The second kappa shape index (κ2) is 7.76. The van der Waals surface area contributed by atoms with E-state index in [-0.39, 0.29) is 17.9 Å². The van der Waals surface area contributed by atoms with E-state index in [0.29, 0.717) is 19.0 Å². The highest BCUT2D eigenvalue weighted by Crippen LogP contribution is 2.23. The molecule has 0 saturated carbocycles. The van der Waals surface area contributed by atoms with Crippen LogP contribution in [0, 0.1) is 13.8 Å². The summed E-state index contributed by atoms with van der Waals surface area (Å²) < 4.78 is 0. The quantitative estimate of drug-likeness (QED) is 0.848. The van der Waals surface area contributed by atoms with Gasteiger partial charge in [-0.15, -0.1) is 0 Å². The van der Waals surface area contributed by atoms with Crippen molar-refractivity contribution in [2.45, 2.75) is 45.3 Å². The van der Waals surface area contributed by atoms with Gasteiger partial charge in [0.05, 0.1) is 6.04 Å². The topological polar surface area (TPSA) is 64.7 Å². The molecule has 2 aliphatic heterocycles. The summed E-state index contributed by atoms with van der Waals surface area (Å²) in [5.41, 5.74) is 4.27. The van der Waals surface area contributed by atoms with Crippen LogP contribution in [-0.4, -0.2) is 67.4 Å². The number of aryl methyl sites for hydroxylation is 2. The van der Waals surface area contributed by atoms with E-state index in [2.05, 4.69) is 36.4 Å². The smallest absolute Gasteiger partial charge is 0.253 e. The van der Waals surface area contributed by atoms with Crippen LogP contribution >= 0.6 is 0 Å². The van der Waals surface area contributed by atoms with E-state index in [9.17, 15) is 9.59 Å². The maximum Gasteiger partial charge on any atom is 0.253 e. The van der Waals surface area contributed by atoms with Gasteiger partial charge < -0.3 is 20.4 Å². The Balaban J connectivity index is 1.77. The fourth-order valence-electron chi connectivity index (χ4n) is 4.27. The van der Waals surface area contributed by atoms with Crippen molar-refractivity contribution in [3.63, 3.8) is 0 Å². The molecule has 2 fully saturated rings. The lowest BCUT2D eigenvalue weighted by molar-refractivity contribution is -0.121. The molecule has 2 atom stereocenters. The Morgan fingerprint density at radius 1 is 1.27 bits per heavy atom. The molecule has 2 amide bonds. The van der Waals surface area contributed by atoms with Gasteiger partial charge in [0.1, 0.15) is 0 Å². The first-order valence-electron chi connectivity index (χ1n) is 9.44. The zero-order valence-corrected chi connectivity index (χ0v) is 16.3. The lowest BCUT2D eigenvalue weighted by Crippen LogP contribution is -2.58. The number of carbonyl (C=O) groups is 2. The number of nitrogens with one attached hydrogen (secondary N) is 2. The molecule has 1 aromatic rings. The first-order chi connectivity index (χ1) is 12.4. The first kappa shape index (κ1) is 18.9. The number of rotatable bonds is 3. The number of amides is 2. The highest BCUT2D eigenvalue weighted by Gasteiger charge is 2.36. The van der Waals surface area contributed by atoms with Crippen molar-refractivity contribution in [3.8, 4) is 0 Å². The van der Waals surface area contributed by atoms with Gasteiger partial charge in [0, 0.05) is 44.2 Å². The number of hydrogen-bond acceptors (Lipinski definition) is 4. The standard InChI is InChI=1S/C20H30N4O2/c1-13-9-15(10-14(2)16(13)11-21-3)20(26)24-8-5-18-17(12-24)22-19(25)6-7-23(18)4/h9-10,17-18,21H,5-8,11-12H2,1-4H3,(H,22,25). The van der Waals surface area contributed by atoms with Crippen molar-refractivity contribution < 1.29 is 9.59 Å². The van der Waals surface area contributed by atoms with E-state index in [4.69, 9.17) is 0 Å². The number of piperidine rings is 1. The van der Waals surface area contributed by atoms with Gasteiger partial charge in [-0.1, -0.05) is 0 Å². The highest BCUT2D eigenvalue weighted by atomic mass is 16.2. The first-order valence-corrected chi connectivity index (χ1v) is 9.44. The maximum atomic E-state index is 13.1. The number of likely N-dealkylation sites (N-methyl/N-ethyl adjacent to an activating group) is 1. The van der Waals surface area contributed by atoms with Crippen molar-refractivity contribution >= 4 is 11.8 Å². The molecule has 6 nitrogen and oxygen atoms in total. The Morgan fingerprint density at radius 3 is 2.62 bits per heavy atom. The largest absolute Gasteiger partial charge is 0.350 e. The van der Waals surface area contributed by atoms with Gasteiger partial charge >= 0.3 is 0 Å². The Bertz CT molecular complexity index is 680. The third-order valence-electron chi connectivity index (χ3n) is 5.76. The second-order valence-electron chi connectivity index (χ2n) is 7.63. The Labute approximate surface area is 155 Å². The van der Waals surface area contributed by atoms with Crippen molar-refractivity contribution in [3.05, 3.63) is 34.4 Å². The van der Waals surface area contributed by atoms with Crippen LogP contribution in [0.5, 0.6) is 0 Å². The minimum atomic E-state index is 0.0125. The minimum absolute atomic E-state index is 0.0125. The molecule has 3 rings (SSSR count). The summed E-state index contributed by atoms with van der Waals surface area (Å²) in [4.78, 5) is 29.2. The zero-order valence-electron chi connectivity index (χ0n) is 16.3. The highest BCUT2D eigenvalue weighted by molar-refractivity contribution is 5.95. The normalized spacial score (nSPS) is 24.0. The predicted molar refractivity (Wildman–Crippen MR) is 102 cm³/mol. The van der Waals surface area contributed by atoms with Gasteiger partial charge in [-0.2, -0.15) is 0 Å². The van der Waals surface area contributed by atoms with Gasteiger partial charge in [0.15, 0.2) is 0 Å².